The molecule has 3 aromatic rings. The number of aromatic nitrogens is 6. The van der Waals surface area contributed by atoms with Gasteiger partial charge in [0.15, 0.2) is 17.3 Å². The van der Waals surface area contributed by atoms with Gasteiger partial charge >= 0.3 is 0 Å². The standard InChI is InChI=1S/C16H15N7O3/c24-15(6-14-18-21-22-19-14)23-4-3-11-10(7-23)16(20-17-11)9-1-2-12-13(5-9)26-8-25-12/h1-2,5H,3-4,6-8H2,(H,17,20)(H,18,19,21,22). The van der Waals surface area contributed by atoms with Gasteiger partial charge in [0, 0.05) is 36.3 Å². The van der Waals surface area contributed by atoms with Gasteiger partial charge in [0.25, 0.3) is 0 Å². The molecule has 2 aromatic heterocycles. The Morgan fingerprint density at radius 3 is 3.04 bits per heavy atom. The molecule has 1 amide bonds. The Morgan fingerprint density at radius 1 is 1.23 bits per heavy atom. The molecule has 2 aliphatic rings. The largest absolute Gasteiger partial charge is 0.454 e. The Morgan fingerprint density at radius 2 is 2.15 bits per heavy atom. The average Bonchev–Trinajstić information content (AvgIpc) is 3.40. The molecular formula is C16H15N7O3. The Hall–Kier alpha value is -3.43. The maximum absolute atomic E-state index is 12.5. The highest BCUT2D eigenvalue weighted by Gasteiger charge is 2.27. The van der Waals surface area contributed by atoms with E-state index in [0.717, 1.165) is 34.7 Å². The van der Waals surface area contributed by atoms with Gasteiger partial charge in [-0.05, 0) is 18.2 Å². The molecule has 2 aliphatic heterocycles. The van der Waals surface area contributed by atoms with Crippen LogP contribution in [0, 0.1) is 0 Å². The number of rotatable bonds is 3. The van der Waals surface area contributed by atoms with Crippen molar-refractivity contribution >= 4 is 5.91 Å². The number of benzene rings is 1. The van der Waals surface area contributed by atoms with Crippen LogP contribution in [0.15, 0.2) is 18.2 Å². The normalized spacial score (nSPS) is 15.2. The molecule has 0 aliphatic carbocycles. The van der Waals surface area contributed by atoms with Crippen LogP contribution >= 0.6 is 0 Å². The Labute approximate surface area is 147 Å². The van der Waals surface area contributed by atoms with Gasteiger partial charge < -0.3 is 14.4 Å². The number of fused-ring (bicyclic) bond motifs is 2. The van der Waals surface area contributed by atoms with E-state index in [1.807, 2.05) is 18.2 Å². The minimum absolute atomic E-state index is 0.0325. The van der Waals surface area contributed by atoms with Gasteiger partial charge in [-0.1, -0.05) is 5.21 Å². The van der Waals surface area contributed by atoms with Crippen LogP contribution in [0.5, 0.6) is 11.5 Å². The van der Waals surface area contributed by atoms with Gasteiger partial charge in [-0.15, -0.1) is 10.2 Å². The van der Waals surface area contributed by atoms with E-state index >= 15 is 0 Å². The lowest BCUT2D eigenvalue weighted by Gasteiger charge is -2.27. The number of nitrogens with one attached hydrogen (secondary N) is 2. The molecule has 10 heteroatoms. The van der Waals surface area contributed by atoms with Gasteiger partial charge in [0.1, 0.15) is 0 Å². The zero-order valence-corrected chi connectivity index (χ0v) is 13.7. The van der Waals surface area contributed by atoms with Crippen LogP contribution in [0.4, 0.5) is 0 Å². The van der Waals surface area contributed by atoms with Crippen molar-refractivity contribution < 1.29 is 14.3 Å². The molecule has 0 unspecified atom stereocenters. The highest BCUT2D eigenvalue weighted by atomic mass is 16.7. The van der Waals surface area contributed by atoms with E-state index in [1.54, 1.807) is 4.90 Å². The number of tetrazole rings is 1. The molecule has 0 atom stereocenters. The van der Waals surface area contributed by atoms with E-state index < -0.39 is 0 Å². The van der Waals surface area contributed by atoms with Crippen molar-refractivity contribution in [3.63, 3.8) is 0 Å². The lowest BCUT2D eigenvalue weighted by atomic mass is 10.0. The first-order valence-corrected chi connectivity index (χ1v) is 8.24. The van der Waals surface area contributed by atoms with Crippen LogP contribution in [-0.4, -0.2) is 55.0 Å². The van der Waals surface area contributed by atoms with Crippen molar-refractivity contribution in [2.45, 2.75) is 19.4 Å². The summed E-state index contributed by atoms with van der Waals surface area (Å²) in [5, 5.41) is 21.1. The minimum atomic E-state index is -0.0325. The summed E-state index contributed by atoms with van der Waals surface area (Å²) in [4.78, 5) is 14.3. The molecule has 0 saturated heterocycles. The second-order valence-electron chi connectivity index (χ2n) is 6.17. The van der Waals surface area contributed by atoms with E-state index in [0.29, 0.717) is 24.7 Å². The molecule has 0 radical (unpaired) electrons. The third kappa shape index (κ3) is 2.46. The summed E-state index contributed by atoms with van der Waals surface area (Å²) in [7, 11) is 0. The first-order chi connectivity index (χ1) is 12.8. The van der Waals surface area contributed by atoms with Gasteiger partial charge in [-0.2, -0.15) is 10.3 Å². The summed E-state index contributed by atoms with van der Waals surface area (Å²) in [6, 6.07) is 5.74. The summed E-state index contributed by atoms with van der Waals surface area (Å²) in [5.41, 5.74) is 3.84. The van der Waals surface area contributed by atoms with Crippen molar-refractivity contribution in [1.82, 2.24) is 35.7 Å². The summed E-state index contributed by atoms with van der Waals surface area (Å²) in [5.74, 6) is 1.80. The van der Waals surface area contributed by atoms with E-state index in [4.69, 9.17) is 9.47 Å². The monoisotopic (exact) mass is 353 g/mol. The second kappa shape index (κ2) is 5.83. The second-order valence-corrected chi connectivity index (χ2v) is 6.17. The molecule has 4 heterocycles. The third-order valence-corrected chi connectivity index (χ3v) is 4.63. The molecule has 132 valence electrons. The SMILES string of the molecule is O=C(Cc1nn[nH]n1)N1CCc2[nH]nc(-c3ccc4c(c3)OCO4)c2C1. The van der Waals surface area contributed by atoms with Crippen LogP contribution in [0.25, 0.3) is 11.3 Å². The maximum atomic E-state index is 12.5. The predicted octanol–water partition coefficient (Wildman–Crippen LogP) is 0.446. The fourth-order valence-electron chi connectivity index (χ4n) is 3.30. The van der Waals surface area contributed by atoms with E-state index in [-0.39, 0.29) is 19.1 Å². The predicted molar refractivity (Wildman–Crippen MR) is 87.1 cm³/mol. The van der Waals surface area contributed by atoms with Crippen LogP contribution in [0.3, 0.4) is 0 Å². The van der Waals surface area contributed by atoms with Crippen LogP contribution in [-0.2, 0) is 24.2 Å². The van der Waals surface area contributed by atoms with Gasteiger partial charge in [-0.25, -0.2) is 0 Å². The smallest absolute Gasteiger partial charge is 0.231 e. The number of carbonyl (C=O) groups is 1. The van der Waals surface area contributed by atoms with Crippen LogP contribution in [0.2, 0.25) is 0 Å². The summed E-state index contributed by atoms with van der Waals surface area (Å²) >= 11 is 0. The Bertz CT molecular complexity index is 966. The van der Waals surface area contributed by atoms with Gasteiger partial charge in [0.05, 0.1) is 12.1 Å². The number of carbonyl (C=O) groups excluding carboxylic acids is 1. The summed E-state index contributed by atoms with van der Waals surface area (Å²) < 4.78 is 10.8. The molecule has 1 aromatic carbocycles. The molecule has 0 fully saturated rings. The third-order valence-electron chi connectivity index (χ3n) is 4.63. The molecule has 5 rings (SSSR count). The zero-order valence-electron chi connectivity index (χ0n) is 13.7. The number of aromatic amines is 2. The summed E-state index contributed by atoms with van der Waals surface area (Å²) in [6.45, 7) is 1.36. The lowest BCUT2D eigenvalue weighted by molar-refractivity contribution is -0.131. The van der Waals surface area contributed by atoms with Crippen molar-refractivity contribution in [2.75, 3.05) is 13.3 Å². The van der Waals surface area contributed by atoms with Gasteiger partial charge in [0.2, 0.25) is 12.7 Å². The fourth-order valence-corrected chi connectivity index (χ4v) is 3.30. The number of amides is 1. The van der Waals surface area contributed by atoms with E-state index in [9.17, 15) is 4.79 Å². The van der Waals surface area contributed by atoms with Crippen LogP contribution < -0.4 is 9.47 Å². The highest BCUT2D eigenvalue weighted by Crippen LogP contribution is 2.37. The van der Waals surface area contributed by atoms with Crippen LogP contribution in [0.1, 0.15) is 17.1 Å². The Kier molecular flexibility index (Phi) is 3.33. The first kappa shape index (κ1) is 14.9. The average molecular weight is 353 g/mol. The summed E-state index contributed by atoms with van der Waals surface area (Å²) in [6.07, 6.45) is 0.855. The van der Waals surface area contributed by atoms with E-state index in [2.05, 4.69) is 30.8 Å². The zero-order chi connectivity index (χ0) is 17.5. The number of nitrogens with zero attached hydrogens (tertiary/aromatic N) is 5. The van der Waals surface area contributed by atoms with Crippen molar-refractivity contribution in [3.8, 4) is 22.8 Å². The molecule has 0 saturated carbocycles. The number of ether oxygens (including phenoxy) is 2. The highest BCUT2D eigenvalue weighted by molar-refractivity contribution is 5.79. The van der Waals surface area contributed by atoms with Crippen molar-refractivity contribution in [3.05, 3.63) is 35.3 Å². The quantitative estimate of drug-likeness (QED) is 0.701. The lowest BCUT2D eigenvalue weighted by Crippen LogP contribution is -2.37. The Balaban J connectivity index is 1.41. The molecule has 2 N–H and O–H groups in total. The molecular weight excluding hydrogens is 338 g/mol. The fraction of sp³-hybridized carbons (Fsp3) is 0.312. The molecule has 0 bridgehead atoms. The van der Waals surface area contributed by atoms with Crippen molar-refractivity contribution in [1.29, 1.82) is 0 Å². The number of hydrogen-bond donors (Lipinski definition) is 2. The molecule has 26 heavy (non-hydrogen) atoms. The molecule has 0 spiro atoms. The van der Waals surface area contributed by atoms with Gasteiger partial charge in [-0.3, -0.25) is 9.89 Å². The minimum Gasteiger partial charge on any atom is -0.454 e. The first-order valence-electron chi connectivity index (χ1n) is 8.24. The maximum Gasteiger partial charge on any atom is 0.231 e. The van der Waals surface area contributed by atoms with Crippen molar-refractivity contribution in [2.24, 2.45) is 0 Å². The molecule has 10 nitrogen and oxygen atoms in total. The van der Waals surface area contributed by atoms with E-state index in [1.165, 1.54) is 0 Å². The number of hydrogen-bond acceptors (Lipinski definition) is 7. The topological polar surface area (TPSA) is 122 Å². The number of H-pyrrole nitrogens is 2.